The molecule has 0 fully saturated rings. The number of rotatable bonds is 10. The third-order valence-electron chi connectivity index (χ3n) is 3.95. The quantitative estimate of drug-likeness (QED) is 0.454. The summed E-state index contributed by atoms with van der Waals surface area (Å²) in [7, 11) is 0. The largest absolute Gasteiger partial charge is 0.494 e. The average Bonchev–Trinajstić information content (AvgIpc) is 3.17. The van der Waals surface area contributed by atoms with Gasteiger partial charge in [-0.05, 0) is 50.2 Å². The summed E-state index contributed by atoms with van der Waals surface area (Å²) < 4.78 is 16.8. The van der Waals surface area contributed by atoms with E-state index in [9.17, 15) is 4.79 Å². The van der Waals surface area contributed by atoms with Crippen molar-refractivity contribution in [1.82, 2.24) is 4.98 Å². The third kappa shape index (κ3) is 6.37. The van der Waals surface area contributed by atoms with Crippen molar-refractivity contribution in [3.8, 4) is 17.2 Å². The Kier molecular flexibility index (Phi) is 7.93. The lowest BCUT2D eigenvalue weighted by molar-refractivity contribution is -0.115. The number of benzene rings is 2. The first-order chi connectivity index (χ1) is 14.6. The number of carbonyl (C=O) groups is 1. The first-order valence-electron chi connectivity index (χ1n) is 9.58. The second kappa shape index (κ2) is 10.8. The van der Waals surface area contributed by atoms with Gasteiger partial charge >= 0.3 is 0 Å². The molecule has 0 spiro atoms. The number of hydrogen-bond donors (Lipinski definition) is 1. The second-order valence-electron chi connectivity index (χ2n) is 6.22. The predicted octanol–water partition coefficient (Wildman–Crippen LogP) is 5.35. The number of amides is 1. The van der Waals surface area contributed by atoms with Gasteiger partial charge < -0.3 is 19.5 Å². The molecule has 6 nitrogen and oxygen atoms in total. The van der Waals surface area contributed by atoms with Gasteiger partial charge in [0.1, 0.15) is 28.9 Å². The van der Waals surface area contributed by atoms with E-state index in [-0.39, 0.29) is 12.3 Å². The maximum atomic E-state index is 12.5. The van der Waals surface area contributed by atoms with E-state index >= 15 is 0 Å². The van der Waals surface area contributed by atoms with Crippen LogP contribution >= 0.6 is 22.9 Å². The molecule has 3 rings (SSSR count). The number of nitrogens with zero attached hydrogens (tertiary/aromatic N) is 1. The molecule has 0 aliphatic carbocycles. The summed E-state index contributed by atoms with van der Waals surface area (Å²) in [5.41, 5.74) is 1.26. The smallest absolute Gasteiger partial charge is 0.230 e. The molecule has 0 aliphatic heterocycles. The predicted molar refractivity (Wildman–Crippen MR) is 119 cm³/mol. The van der Waals surface area contributed by atoms with Crippen LogP contribution < -0.4 is 19.5 Å². The Morgan fingerprint density at radius 2 is 1.77 bits per heavy atom. The first-order valence-corrected chi connectivity index (χ1v) is 10.8. The zero-order valence-electron chi connectivity index (χ0n) is 16.8. The number of halogens is 1. The minimum atomic E-state index is -0.180. The number of carbonyl (C=O) groups excluding carboxylic acids is 1. The van der Waals surface area contributed by atoms with Crippen molar-refractivity contribution in [2.45, 2.75) is 26.9 Å². The van der Waals surface area contributed by atoms with E-state index in [0.29, 0.717) is 53.5 Å². The van der Waals surface area contributed by atoms with Crippen LogP contribution in [0.1, 0.15) is 24.5 Å². The van der Waals surface area contributed by atoms with Gasteiger partial charge in [-0.2, -0.15) is 0 Å². The van der Waals surface area contributed by atoms with Gasteiger partial charge in [-0.25, -0.2) is 4.98 Å². The van der Waals surface area contributed by atoms with Gasteiger partial charge in [-0.3, -0.25) is 4.79 Å². The highest BCUT2D eigenvalue weighted by Gasteiger charge is 2.13. The number of ether oxygens (including phenoxy) is 3. The fraction of sp³-hybridized carbons (Fsp3) is 0.273. The number of thiazole rings is 1. The van der Waals surface area contributed by atoms with Gasteiger partial charge in [-0.15, -0.1) is 11.3 Å². The van der Waals surface area contributed by atoms with Crippen LogP contribution in [0.4, 0.5) is 5.69 Å². The Hall–Kier alpha value is -2.77. The van der Waals surface area contributed by atoms with Crippen molar-refractivity contribution in [1.29, 1.82) is 0 Å². The normalized spacial score (nSPS) is 10.5. The zero-order valence-corrected chi connectivity index (χ0v) is 18.4. The molecule has 158 valence electrons. The van der Waals surface area contributed by atoms with E-state index in [1.54, 1.807) is 36.4 Å². The van der Waals surface area contributed by atoms with Gasteiger partial charge in [0.05, 0.1) is 31.0 Å². The Morgan fingerprint density at radius 1 is 1.03 bits per heavy atom. The number of aromatic nitrogens is 1. The van der Waals surface area contributed by atoms with Crippen LogP contribution in [0.3, 0.4) is 0 Å². The molecule has 3 aromatic rings. The molecular weight excluding hydrogens is 424 g/mol. The Morgan fingerprint density at radius 3 is 2.50 bits per heavy atom. The van der Waals surface area contributed by atoms with E-state index in [0.717, 1.165) is 5.01 Å². The van der Waals surface area contributed by atoms with Crippen LogP contribution in [0.15, 0.2) is 47.8 Å². The standard InChI is InChI=1S/C22H23ClN2O4S/c1-3-27-18-9-10-20(28-4-2)19(12-18)25-21(26)11-16-14-30-22(24-16)13-29-17-7-5-15(23)6-8-17/h5-10,12,14H,3-4,11,13H2,1-2H3,(H,25,26). The minimum absolute atomic E-state index is 0.155. The lowest BCUT2D eigenvalue weighted by atomic mass is 10.2. The molecule has 0 unspecified atom stereocenters. The maximum Gasteiger partial charge on any atom is 0.230 e. The molecule has 1 N–H and O–H groups in total. The molecule has 2 aromatic carbocycles. The Bertz CT molecular complexity index is 976. The van der Waals surface area contributed by atoms with Gasteiger partial charge in [0.25, 0.3) is 0 Å². The molecule has 30 heavy (non-hydrogen) atoms. The van der Waals surface area contributed by atoms with Crippen molar-refractivity contribution >= 4 is 34.5 Å². The average molecular weight is 447 g/mol. The summed E-state index contributed by atoms with van der Waals surface area (Å²) in [5.74, 6) is 1.81. The van der Waals surface area contributed by atoms with E-state index in [1.807, 2.05) is 25.3 Å². The third-order valence-corrected chi connectivity index (χ3v) is 5.08. The summed E-state index contributed by atoms with van der Waals surface area (Å²) in [6.07, 6.45) is 0.155. The molecule has 1 heterocycles. The van der Waals surface area contributed by atoms with Crippen LogP contribution in [-0.4, -0.2) is 24.1 Å². The lowest BCUT2D eigenvalue weighted by Crippen LogP contribution is -2.15. The summed E-state index contributed by atoms with van der Waals surface area (Å²) in [4.78, 5) is 17.0. The Labute approximate surface area is 184 Å². The number of nitrogens with one attached hydrogen (secondary N) is 1. The molecule has 0 saturated carbocycles. The molecule has 1 aromatic heterocycles. The summed E-state index contributed by atoms with van der Waals surface area (Å²) in [5, 5.41) is 6.20. The van der Waals surface area contributed by atoms with Gasteiger partial charge in [0.2, 0.25) is 5.91 Å². The molecule has 0 atom stereocenters. The molecule has 0 saturated heterocycles. The fourth-order valence-corrected chi connectivity index (χ4v) is 3.51. The second-order valence-corrected chi connectivity index (χ2v) is 7.60. The van der Waals surface area contributed by atoms with Crippen LogP contribution in [0.5, 0.6) is 17.2 Å². The highest BCUT2D eigenvalue weighted by Crippen LogP contribution is 2.29. The van der Waals surface area contributed by atoms with Crippen molar-refractivity contribution in [3.05, 3.63) is 63.6 Å². The van der Waals surface area contributed by atoms with Crippen LogP contribution in [0.2, 0.25) is 5.02 Å². The summed E-state index contributed by atoms with van der Waals surface area (Å²) >= 11 is 7.33. The summed E-state index contributed by atoms with van der Waals surface area (Å²) in [6.45, 7) is 5.18. The minimum Gasteiger partial charge on any atom is -0.494 e. The van der Waals surface area contributed by atoms with Crippen molar-refractivity contribution in [3.63, 3.8) is 0 Å². The topological polar surface area (TPSA) is 69.7 Å². The molecule has 8 heteroatoms. The SMILES string of the molecule is CCOc1ccc(OCC)c(NC(=O)Cc2csc(COc3ccc(Cl)cc3)n2)c1. The van der Waals surface area contributed by atoms with E-state index < -0.39 is 0 Å². The molecule has 0 radical (unpaired) electrons. The molecular formula is C22H23ClN2O4S. The number of anilines is 1. The number of hydrogen-bond acceptors (Lipinski definition) is 6. The van der Waals surface area contributed by atoms with Crippen molar-refractivity contribution in [2.24, 2.45) is 0 Å². The summed E-state index contributed by atoms with van der Waals surface area (Å²) in [6, 6.07) is 12.5. The molecule has 1 amide bonds. The van der Waals surface area contributed by atoms with Gasteiger partial charge in [0.15, 0.2) is 0 Å². The van der Waals surface area contributed by atoms with E-state index in [2.05, 4.69) is 10.3 Å². The van der Waals surface area contributed by atoms with E-state index in [4.69, 9.17) is 25.8 Å². The molecule has 0 bridgehead atoms. The first kappa shape index (κ1) is 21.9. The van der Waals surface area contributed by atoms with E-state index in [1.165, 1.54) is 11.3 Å². The fourth-order valence-electron chi connectivity index (χ4n) is 2.68. The van der Waals surface area contributed by atoms with Crippen LogP contribution in [0.25, 0.3) is 0 Å². The highest BCUT2D eigenvalue weighted by molar-refractivity contribution is 7.09. The monoisotopic (exact) mass is 446 g/mol. The maximum absolute atomic E-state index is 12.5. The highest BCUT2D eigenvalue weighted by atomic mass is 35.5. The van der Waals surface area contributed by atoms with Crippen LogP contribution in [-0.2, 0) is 17.8 Å². The molecule has 0 aliphatic rings. The van der Waals surface area contributed by atoms with Crippen molar-refractivity contribution < 1.29 is 19.0 Å². The van der Waals surface area contributed by atoms with Crippen molar-refractivity contribution in [2.75, 3.05) is 18.5 Å². The Balaban J connectivity index is 1.58. The van der Waals surface area contributed by atoms with Gasteiger partial charge in [0, 0.05) is 16.5 Å². The zero-order chi connectivity index (χ0) is 21.3. The van der Waals surface area contributed by atoms with Crippen LogP contribution in [0, 0.1) is 0 Å². The lowest BCUT2D eigenvalue weighted by Gasteiger charge is -2.13. The van der Waals surface area contributed by atoms with Gasteiger partial charge in [-0.1, -0.05) is 11.6 Å².